The monoisotopic (exact) mass is 179 g/mol. The number of rotatable bonds is 0. The molecule has 1 aromatic rings. The Bertz CT molecular complexity index is 301. The van der Waals surface area contributed by atoms with Crippen LogP contribution in [0.5, 0.6) is 0 Å². The Labute approximate surface area is 77.1 Å². The minimum atomic E-state index is -0.506. The maximum atomic E-state index is 9.69. The summed E-state index contributed by atoms with van der Waals surface area (Å²) in [7, 11) is 0. The summed E-state index contributed by atoms with van der Waals surface area (Å²) in [6.45, 7) is 0. The Hall–Kier alpha value is -0.930. The van der Waals surface area contributed by atoms with Crippen LogP contribution in [0.25, 0.3) is 0 Å². The van der Waals surface area contributed by atoms with E-state index in [0.717, 1.165) is 11.3 Å². The zero-order valence-corrected chi connectivity index (χ0v) is 7.35. The lowest BCUT2D eigenvalue weighted by Gasteiger charge is -2.08. The Kier molecular flexibility index (Phi) is 2.29. The van der Waals surface area contributed by atoms with Gasteiger partial charge in [-0.25, -0.2) is 0 Å². The molecule has 13 heavy (non-hydrogen) atoms. The quantitative estimate of drug-likeness (QED) is 0.579. The molecule has 70 valence electrons. The molecule has 2 atom stereocenters. The lowest BCUT2D eigenvalue weighted by Crippen LogP contribution is -2.08. The van der Waals surface area contributed by atoms with Gasteiger partial charge in [-0.3, -0.25) is 4.98 Å². The summed E-state index contributed by atoms with van der Waals surface area (Å²) in [5, 5.41) is 19.2. The number of aliphatic hydroxyl groups excluding tert-OH is 2. The van der Waals surface area contributed by atoms with Gasteiger partial charge in [0.2, 0.25) is 0 Å². The van der Waals surface area contributed by atoms with Crippen LogP contribution in [-0.4, -0.2) is 21.3 Å². The highest BCUT2D eigenvalue weighted by Gasteiger charge is 2.21. The minimum Gasteiger partial charge on any atom is -0.393 e. The van der Waals surface area contributed by atoms with Crippen LogP contribution in [0, 0.1) is 0 Å². The summed E-state index contributed by atoms with van der Waals surface area (Å²) >= 11 is 0. The van der Waals surface area contributed by atoms with Gasteiger partial charge in [0.05, 0.1) is 17.9 Å². The van der Waals surface area contributed by atoms with Crippen LogP contribution >= 0.6 is 0 Å². The zero-order valence-electron chi connectivity index (χ0n) is 7.35. The van der Waals surface area contributed by atoms with Crippen molar-refractivity contribution in [2.75, 3.05) is 0 Å². The molecule has 0 aliphatic heterocycles. The van der Waals surface area contributed by atoms with Crippen molar-refractivity contribution in [2.24, 2.45) is 0 Å². The van der Waals surface area contributed by atoms with Crippen molar-refractivity contribution in [2.45, 2.75) is 31.5 Å². The molecule has 0 fully saturated rings. The van der Waals surface area contributed by atoms with Crippen LogP contribution < -0.4 is 0 Å². The fraction of sp³-hybridized carbons (Fsp3) is 0.500. The first kappa shape index (κ1) is 8.66. The molecule has 0 saturated carbocycles. The van der Waals surface area contributed by atoms with Crippen LogP contribution in [0.3, 0.4) is 0 Å². The average molecular weight is 179 g/mol. The van der Waals surface area contributed by atoms with Gasteiger partial charge in [-0.1, -0.05) is 6.07 Å². The molecule has 1 aromatic heterocycles. The molecule has 1 aliphatic rings. The van der Waals surface area contributed by atoms with Gasteiger partial charge in [0.15, 0.2) is 0 Å². The number of fused-ring (bicyclic) bond motifs is 1. The highest BCUT2D eigenvalue weighted by atomic mass is 16.3. The first-order valence-electron chi connectivity index (χ1n) is 4.57. The number of pyridine rings is 1. The number of hydrogen-bond acceptors (Lipinski definition) is 3. The number of nitrogens with zero attached hydrogens (tertiary/aromatic N) is 1. The molecule has 0 radical (unpaired) electrons. The van der Waals surface area contributed by atoms with Gasteiger partial charge in [-0.05, 0) is 24.5 Å². The van der Waals surface area contributed by atoms with Crippen molar-refractivity contribution >= 4 is 0 Å². The van der Waals surface area contributed by atoms with Crippen molar-refractivity contribution in [1.29, 1.82) is 0 Å². The van der Waals surface area contributed by atoms with Gasteiger partial charge in [-0.15, -0.1) is 0 Å². The molecule has 0 aromatic carbocycles. The molecule has 3 heteroatoms. The summed E-state index contributed by atoms with van der Waals surface area (Å²) < 4.78 is 0. The largest absolute Gasteiger partial charge is 0.393 e. The van der Waals surface area contributed by atoms with E-state index in [2.05, 4.69) is 4.98 Å². The molecular formula is C10H13NO2. The van der Waals surface area contributed by atoms with Crippen LogP contribution in [0.2, 0.25) is 0 Å². The molecule has 0 unspecified atom stereocenters. The average Bonchev–Trinajstić information content (AvgIpc) is 2.27. The minimum absolute atomic E-state index is 0.333. The maximum Gasteiger partial charge on any atom is 0.0963 e. The van der Waals surface area contributed by atoms with E-state index < -0.39 is 6.10 Å². The Morgan fingerprint density at radius 2 is 2.15 bits per heavy atom. The fourth-order valence-corrected chi connectivity index (χ4v) is 1.77. The van der Waals surface area contributed by atoms with E-state index >= 15 is 0 Å². The van der Waals surface area contributed by atoms with Crippen LogP contribution in [0.4, 0.5) is 0 Å². The van der Waals surface area contributed by atoms with E-state index in [1.807, 2.05) is 12.1 Å². The summed E-state index contributed by atoms with van der Waals surface area (Å²) in [4.78, 5) is 4.13. The highest BCUT2D eigenvalue weighted by Crippen LogP contribution is 2.26. The Morgan fingerprint density at radius 3 is 3.00 bits per heavy atom. The summed E-state index contributed by atoms with van der Waals surface area (Å²) in [5.41, 5.74) is 1.71. The number of hydrogen-bond donors (Lipinski definition) is 2. The third kappa shape index (κ3) is 1.71. The lowest BCUT2D eigenvalue weighted by molar-refractivity contribution is 0.124. The van der Waals surface area contributed by atoms with Crippen LogP contribution in [0.15, 0.2) is 18.3 Å². The van der Waals surface area contributed by atoms with Crippen molar-refractivity contribution in [3.63, 3.8) is 0 Å². The lowest BCUT2D eigenvalue weighted by atomic mass is 10.1. The molecule has 0 saturated heterocycles. The predicted molar refractivity (Wildman–Crippen MR) is 48.1 cm³/mol. The Morgan fingerprint density at radius 1 is 1.31 bits per heavy atom. The van der Waals surface area contributed by atoms with Gasteiger partial charge in [-0.2, -0.15) is 0 Å². The third-order valence-corrected chi connectivity index (χ3v) is 2.47. The third-order valence-electron chi connectivity index (χ3n) is 2.47. The highest BCUT2D eigenvalue weighted by molar-refractivity contribution is 5.23. The molecule has 2 rings (SSSR count). The van der Waals surface area contributed by atoms with Crippen molar-refractivity contribution < 1.29 is 10.2 Å². The molecule has 2 N–H and O–H groups in total. The molecule has 3 nitrogen and oxygen atoms in total. The van der Waals surface area contributed by atoms with Gasteiger partial charge in [0, 0.05) is 12.6 Å². The molecule has 1 aliphatic carbocycles. The second-order valence-corrected chi connectivity index (χ2v) is 3.50. The Balaban J connectivity index is 2.38. The molecule has 0 bridgehead atoms. The number of aromatic nitrogens is 1. The predicted octanol–water partition coefficient (Wildman–Crippen LogP) is 0.812. The standard InChI is InChI=1S/C10H13NO2/c12-8-3-4-9(13)10-7(6-8)2-1-5-11-10/h1-2,5,8-9,12-13H,3-4,6H2/t8-,9+/m0/s1. The SMILES string of the molecule is O[C@H]1CC[C@@H](O)c2ncccc2C1. The second-order valence-electron chi connectivity index (χ2n) is 3.50. The van der Waals surface area contributed by atoms with E-state index in [9.17, 15) is 10.2 Å². The van der Waals surface area contributed by atoms with Crippen molar-refractivity contribution in [1.82, 2.24) is 4.98 Å². The van der Waals surface area contributed by atoms with Crippen molar-refractivity contribution in [3.8, 4) is 0 Å². The fourth-order valence-electron chi connectivity index (χ4n) is 1.77. The van der Waals surface area contributed by atoms with Gasteiger partial charge in [0.25, 0.3) is 0 Å². The van der Waals surface area contributed by atoms with Crippen molar-refractivity contribution in [3.05, 3.63) is 29.6 Å². The molecular weight excluding hydrogens is 166 g/mol. The first-order chi connectivity index (χ1) is 6.27. The summed E-state index contributed by atoms with van der Waals surface area (Å²) in [6.07, 6.45) is 2.70. The van der Waals surface area contributed by atoms with E-state index in [0.29, 0.717) is 19.3 Å². The maximum absolute atomic E-state index is 9.69. The second kappa shape index (κ2) is 3.44. The van der Waals surface area contributed by atoms with E-state index in [-0.39, 0.29) is 6.10 Å². The van der Waals surface area contributed by atoms with E-state index in [1.165, 1.54) is 0 Å². The van der Waals surface area contributed by atoms with E-state index in [4.69, 9.17) is 0 Å². The smallest absolute Gasteiger partial charge is 0.0963 e. The topological polar surface area (TPSA) is 53.4 Å². The molecule has 0 spiro atoms. The van der Waals surface area contributed by atoms with Crippen LogP contribution in [-0.2, 0) is 6.42 Å². The van der Waals surface area contributed by atoms with Gasteiger partial charge >= 0.3 is 0 Å². The molecule has 1 heterocycles. The van der Waals surface area contributed by atoms with Gasteiger partial charge in [0.1, 0.15) is 0 Å². The molecule has 0 amide bonds. The first-order valence-corrected chi connectivity index (χ1v) is 4.57. The normalized spacial score (nSPS) is 27.8. The number of aliphatic hydroxyl groups is 2. The van der Waals surface area contributed by atoms with E-state index in [1.54, 1.807) is 6.20 Å². The van der Waals surface area contributed by atoms with Crippen LogP contribution in [0.1, 0.15) is 30.2 Å². The van der Waals surface area contributed by atoms with Gasteiger partial charge < -0.3 is 10.2 Å². The summed E-state index contributed by atoms with van der Waals surface area (Å²) in [5.74, 6) is 0. The zero-order chi connectivity index (χ0) is 9.26. The summed E-state index contributed by atoms with van der Waals surface area (Å²) in [6, 6.07) is 3.75.